The van der Waals surface area contributed by atoms with Gasteiger partial charge in [0.25, 0.3) is 5.91 Å². The first-order valence-corrected chi connectivity index (χ1v) is 8.87. The number of aromatic nitrogens is 3. The van der Waals surface area contributed by atoms with Gasteiger partial charge in [0.05, 0.1) is 30.0 Å². The van der Waals surface area contributed by atoms with Crippen LogP contribution in [0.2, 0.25) is 0 Å². The third-order valence-corrected chi connectivity index (χ3v) is 4.52. The van der Waals surface area contributed by atoms with E-state index < -0.39 is 0 Å². The fraction of sp³-hybridized carbons (Fsp3) is 0.190. The van der Waals surface area contributed by atoms with Crippen LogP contribution in [-0.4, -0.2) is 34.1 Å². The Morgan fingerprint density at radius 1 is 1.11 bits per heavy atom. The molecule has 0 aliphatic carbocycles. The van der Waals surface area contributed by atoms with E-state index in [1.54, 1.807) is 13.2 Å². The first-order chi connectivity index (χ1) is 13.2. The van der Waals surface area contributed by atoms with Crippen LogP contribution in [0.3, 0.4) is 0 Å². The van der Waals surface area contributed by atoms with Crippen LogP contribution in [-0.2, 0) is 6.54 Å². The molecule has 0 fully saturated rings. The second-order valence-corrected chi connectivity index (χ2v) is 6.29. The Kier molecular flexibility index (Phi) is 4.70. The van der Waals surface area contributed by atoms with Gasteiger partial charge in [-0.3, -0.25) is 4.79 Å². The summed E-state index contributed by atoms with van der Waals surface area (Å²) in [6, 6.07) is 17.2. The predicted molar refractivity (Wildman–Crippen MR) is 105 cm³/mol. The zero-order chi connectivity index (χ0) is 18.6. The molecule has 0 saturated carbocycles. The van der Waals surface area contributed by atoms with Crippen molar-refractivity contribution in [3.63, 3.8) is 0 Å². The third kappa shape index (κ3) is 3.60. The number of carbonyl (C=O) groups is 1. The summed E-state index contributed by atoms with van der Waals surface area (Å²) in [5, 5.41) is 3.88. The van der Waals surface area contributed by atoms with Gasteiger partial charge in [-0.15, -0.1) is 0 Å². The molecule has 4 rings (SSSR count). The molecule has 4 aromatic rings. The molecule has 0 atom stereocenters. The van der Waals surface area contributed by atoms with E-state index in [0.717, 1.165) is 40.7 Å². The molecule has 0 unspecified atom stereocenters. The van der Waals surface area contributed by atoms with Crippen molar-refractivity contribution in [3.05, 3.63) is 66.6 Å². The van der Waals surface area contributed by atoms with Crippen LogP contribution >= 0.6 is 0 Å². The maximum Gasteiger partial charge on any atom is 0.269 e. The molecular formula is C21H20N4O2. The van der Waals surface area contributed by atoms with E-state index in [-0.39, 0.29) is 5.91 Å². The highest BCUT2D eigenvalue weighted by molar-refractivity contribution is 5.95. The van der Waals surface area contributed by atoms with E-state index in [0.29, 0.717) is 12.2 Å². The molecular weight excluding hydrogens is 340 g/mol. The number of pyridine rings is 1. The van der Waals surface area contributed by atoms with Crippen molar-refractivity contribution in [1.82, 2.24) is 19.9 Å². The van der Waals surface area contributed by atoms with Crippen molar-refractivity contribution in [2.24, 2.45) is 0 Å². The normalized spacial score (nSPS) is 11.0. The molecule has 0 radical (unpaired) electrons. The Hall–Kier alpha value is -3.41. The average Bonchev–Trinajstić information content (AvgIpc) is 3.13. The zero-order valence-electron chi connectivity index (χ0n) is 15.1. The molecule has 2 heterocycles. The maximum absolute atomic E-state index is 12.4. The van der Waals surface area contributed by atoms with Crippen molar-refractivity contribution in [3.8, 4) is 5.75 Å². The number of amides is 1. The van der Waals surface area contributed by atoms with Gasteiger partial charge < -0.3 is 14.6 Å². The number of fused-ring (bicyclic) bond motifs is 2. The molecule has 6 nitrogen and oxygen atoms in total. The number of hydrogen-bond acceptors (Lipinski definition) is 4. The Balaban J connectivity index is 1.36. The number of aryl methyl sites for hydroxylation is 1. The maximum atomic E-state index is 12.4. The zero-order valence-corrected chi connectivity index (χ0v) is 15.1. The summed E-state index contributed by atoms with van der Waals surface area (Å²) in [6.07, 6.45) is 2.66. The lowest BCUT2D eigenvalue weighted by Crippen LogP contribution is -2.26. The number of methoxy groups -OCH3 is 1. The van der Waals surface area contributed by atoms with Gasteiger partial charge in [0.2, 0.25) is 0 Å². The van der Waals surface area contributed by atoms with Crippen LogP contribution in [0.15, 0.2) is 60.9 Å². The predicted octanol–water partition coefficient (Wildman–Crippen LogP) is 3.41. The second kappa shape index (κ2) is 7.45. The topological polar surface area (TPSA) is 69.0 Å². The van der Waals surface area contributed by atoms with Crippen LogP contribution in [0, 0.1) is 0 Å². The minimum atomic E-state index is -0.164. The average molecular weight is 360 g/mol. The molecule has 1 N–H and O–H groups in total. The molecule has 0 bridgehead atoms. The van der Waals surface area contributed by atoms with Gasteiger partial charge in [-0.2, -0.15) is 0 Å². The van der Waals surface area contributed by atoms with Crippen LogP contribution in [0.1, 0.15) is 16.9 Å². The SMILES string of the molecule is COc1ccc2nc(C(=O)NCCCn3cnc4ccccc43)ccc2c1. The number of hydrogen-bond donors (Lipinski definition) is 1. The number of carbonyl (C=O) groups excluding carboxylic acids is 1. The number of rotatable bonds is 6. The Bertz CT molecular complexity index is 1100. The molecule has 27 heavy (non-hydrogen) atoms. The lowest BCUT2D eigenvalue weighted by molar-refractivity contribution is 0.0948. The van der Waals surface area contributed by atoms with E-state index in [1.165, 1.54) is 0 Å². The van der Waals surface area contributed by atoms with E-state index in [4.69, 9.17) is 4.74 Å². The molecule has 2 aromatic heterocycles. The van der Waals surface area contributed by atoms with Gasteiger partial charge in [-0.1, -0.05) is 18.2 Å². The number of nitrogens with zero attached hydrogens (tertiary/aromatic N) is 3. The highest BCUT2D eigenvalue weighted by atomic mass is 16.5. The van der Waals surface area contributed by atoms with E-state index in [9.17, 15) is 4.79 Å². The third-order valence-electron chi connectivity index (χ3n) is 4.52. The molecule has 2 aromatic carbocycles. The highest BCUT2D eigenvalue weighted by Crippen LogP contribution is 2.19. The van der Waals surface area contributed by atoms with Gasteiger partial charge in [0.15, 0.2) is 0 Å². The standard InChI is InChI=1S/C21H20N4O2/c1-27-16-8-10-17-15(13-16)7-9-19(24-17)21(26)22-11-4-12-25-14-23-18-5-2-3-6-20(18)25/h2-3,5-10,13-14H,4,11-12H2,1H3,(H,22,26). The van der Waals surface area contributed by atoms with Gasteiger partial charge in [0.1, 0.15) is 11.4 Å². The van der Waals surface area contributed by atoms with Crippen LogP contribution < -0.4 is 10.1 Å². The van der Waals surface area contributed by atoms with Crippen LogP contribution in [0.5, 0.6) is 5.75 Å². The molecule has 0 saturated heterocycles. The fourth-order valence-electron chi connectivity index (χ4n) is 3.09. The van der Waals surface area contributed by atoms with Crippen molar-refractivity contribution in [1.29, 1.82) is 0 Å². The first-order valence-electron chi connectivity index (χ1n) is 8.87. The first kappa shape index (κ1) is 17.0. The molecule has 0 aliphatic rings. The smallest absolute Gasteiger partial charge is 0.269 e. The van der Waals surface area contributed by atoms with Crippen molar-refractivity contribution in [2.45, 2.75) is 13.0 Å². The number of nitrogens with one attached hydrogen (secondary N) is 1. The lowest BCUT2D eigenvalue weighted by Gasteiger charge is -2.07. The molecule has 0 spiro atoms. The highest BCUT2D eigenvalue weighted by Gasteiger charge is 2.08. The van der Waals surface area contributed by atoms with E-state index >= 15 is 0 Å². The van der Waals surface area contributed by atoms with E-state index in [2.05, 4.69) is 25.9 Å². The minimum absolute atomic E-state index is 0.164. The Labute approximate surface area is 156 Å². The molecule has 136 valence electrons. The molecule has 1 amide bonds. The Morgan fingerprint density at radius 2 is 2.00 bits per heavy atom. The van der Waals surface area contributed by atoms with Gasteiger partial charge >= 0.3 is 0 Å². The summed E-state index contributed by atoms with van der Waals surface area (Å²) < 4.78 is 7.31. The largest absolute Gasteiger partial charge is 0.497 e. The summed E-state index contributed by atoms with van der Waals surface area (Å²) in [5.74, 6) is 0.608. The van der Waals surface area contributed by atoms with Crippen LogP contribution in [0.4, 0.5) is 0 Å². The number of imidazole rings is 1. The summed E-state index contributed by atoms with van der Waals surface area (Å²) >= 11 is 0. The van der Waals surface area contributed by atoms with Crippen molar-refractivity contribution >= 4 is 27.8 Å². The van der Waals surface area contributed by atoms with Crippen molar-refractivity contribution in [2.75, 3.05) is 13.7 Å². The quantitative estimate of drug-likeness (QED) is 0.535. The molecule has 6 heteroatoms. The Morgan fingerprint density at radius 3 is 2.89 bits per heavy atom. The summed E-state index contributed by atoms with van der Waals surface area (Å²) in [6.45, 7) is 1.37. The summed E-state index contributed by atoms with van der Waals surface area (Å²) in [4.78, 5) is 21.2. The number of ether oxygens (including phenoxy) is 1. The van der Waals surface area contributed by atoms with Crippen molar-refractivity contribution < 1.29 is 9.53 Å². The second-order valence-electron chi connectivity index (χ2n) is 6.29. The van der Waals surface area contributed by atoms with Gasteiger partial charge in [-0.25, -0.2) is 9.97 Å². The lowest BCUT2D eigenvalue weighted by atomic mass is 10.2. The molecule has 0 aliphatic heterocycles. The van der Waals surface area contributed by atoms with E-state index in [1.807, 2.05) is 48.8 Å². The van der Waals surface area contributed by atoms with Gasteiger partial charge in [-0.05, 0) is 42.8 Å². The fourth-order valence-corrected chi connectivity index (χ4v) is 3.09. The minimum Gasteiger partial charge on any atom is -0.497 e. The monoisotopic (exact) mass is 360 g/mol. The van der Waals surface area contributed by atoms with Gasteiger partial charge in [0, 0.05) is 18.5 Å². The number of benzene rings is 2. The number of para-hydroxylation sites is 2. The summed E-state index contributed by atoms with van der Waals surface area (Å²) in [7, 11) is 1.63. The summed E-state index contributed by atoms with van der Waals surface area (Å²) in [5.41, 5.74) is 3.28. The van der Waals surface area contributed by atoms with Crippen LogP contribution in [0.25, 0.3) is 21.9 Å².